The van der Waals surface area contributed by atoms with Crippen molar-refractivity contribution in [2.75, 3.05) is 0 Å². The molecule has 0 aromatic heterocycles. The Labute approximate surface area is 100 Å². The van der Waals surface area contributed by atoms with Crippen molar-refractivity contribution in [1.82, 2.24) is 5.32 Å². The number of hydrogen-bond acceptors (Lipinski definition) is 2. The lowest BCUT2D eigenvalue weighted by molar-refractivity contribution is -0.119. The molecule has 0 radical (unpaired) electrons. The number of primary amides is 1. The quantitative estimate of drug-likeness (QED) is 0.877. The van der Waals surface area contributed by atoms with Crippen LogP contribution < -0.4 is 11.1 Å². The Hall–Kier alpha value is -1.43. The Morgan fingerprint density at radius 2 is 2.12 bits per heavy atom. The van der Waals surface area contributed by atoms with Gasteiger partial charge in [0.15, 0.2) is 0 Å². The fourth-order valence-electron chi connectivity index (χ4n) is 0.988. The third kappa shape index (κ3) is 3.03. The predicted molar refractivity (Wildman–Crippen MR) is 60.2 cm³/mol. The Balaban J connectivity index is 2.81. The summed E-state index contributed by atoms with van der Waals surface area (Å²) >= 11 is 2.96. The van der Waals surface area contributed by atoms with E-state index in [1.165, 1.54) is 19.1 Å². The number of halogens is 2. The zero-order chi connectivity index (χ0) is 12.3. The van der Waals surface area contributed by atoms with Crippen molar-refractivity contribution in [3.05, 3.63) is 34.1 Å². The van der Waals surface area contributed by atoms with Gasteiger partial charge in [0, 0.05) is 5.56 Å². The molecule has 0 aliphatic rings. The molecule has 0 fully saturated rings. The van der Waals surface area contributed by atoms with Crippen molar-refractivity contribution in [3.8, 4) is 0 Å². The first kappa shape index (κ1) is 12.6. The third-order valence-electron chi connectivity index (χ3n) is 1.96. The number of rotatable bonds is 3. The monoisotopic (exact) mass is 288 g/mol. The maximum Gasteiger partial charge on any atom is 0.251 e. The molecule has 1 aromatic carbocycles. The average molecular weight is 289 g/mol. The highest BCUT2D eigenvalue weighted by Gasteiger charge is 2.14. The molecule has 1 atom stereocenters. The second kappa shape index (κ2) is 5.07. The summed E-state index contributed by atoms with van der Waals surface area (Å²) in [5.41, 5.74) is 5.24. The molecule has 6 heteroatoms. The molecule has 2 amide bonds. The summed E-state index contributed by atoms with van der Waals surface area (Å²) in [7, 11) is 0. The lowest BCUT2D eigenvalue weighted by atomic mass is 10.2. The minimum absolute atomic E-state index is 0.187. The van der Waals surface area contributed by atoms with Gasteiger partial charge in [-0.1, -0.05) is 0 Å². The van der Waals surface area contributed by atoms with Gasteiger partial charge in [0.25, 0.3) is 5.91 Å². The normalized spacial score (nSPS) is 11.9. The van der Waals surface area contributed by atoms with E-state index in [1.54, 1.807) is 0 Å². The molecule has 4 nitrogen and oxygen atoms in total. The van der Waals surface area contributed by atoms with Gasteiger partial charge in [-0.3, -0.25) is 9.59 Å². The highest BCUT2D eigenvalue weighted by atomic mass is 79.9. The maximum absolute atomic E-state index is 12.9. The van der Waals surface area contributed by atoms with Crippen molar-refractivity contribution < 1.29 is 14.0 Å². The van der Waals surface area contributed by atoms with E-state index in [1.807, 2.05) is 0 Å². The molecule has 0 aliphatic heterocycles. The Morgan fingerprint density at radius 3 is 2.62 bits per heavy atom. The number of carbonyl (C=O) groups is 2. The van der Waals surface area contributed by atoms with Gasteiger partial charge >= 0.3 is 0 Å². The minimum Gasteiger partial charge on any atom is -0.368 e. The van der Waals surface area contributed by atoms with Crippen LogP contribution in [0, 0.1) is 5.82 Å². The molecule has 0 saturated heterocycles. The van der Waals surface area contributed by atoms with E-state index < -0.39 is 23.7 Å². The molecule has 86 valence electrons. The van der Waals surface area contributed by atoms with E-state index in [0.29, 0.717) is 0 Å². The van der Waals surface area contributed by atoms with Crippen LogP contribution in [0.2, 0.25) is 0 Å². The summed E-state index contributed by atoms with van der Waals surface area (Å²) in [6, 6.07) is 3.05. The zero-order valence-electron chi connectivity index (χ0n) is 8.46. The first-order chi connectivity index (χ1) is 7.41. The Kier molecular flexibility index (Phi) is 4.00. The Bertz CT molecular complexity index is 437. The standard InChI is InChI=1S/C10H10BrFN2O2/c1-5(9(13)15)14-10(16)6-2-3-8(12)7(11)4-6/h2-5H,1H3,(H2,13,15)(H,14,16). The second-order valence-corrected chi connectivity index (χ2v) is 4.08. The van der Waals surface area contributed by atoms with Gasteiger partial charge in [-0.25, -0.2) is 4.39 Å². The third-order valence-corrected chi connectivity index (χ3v) is 2.56. The number of benzene rings is 1. The van der Waals surface area contributed by atoms with Crippen molar-refractivity contribution in [2.45, 2.75) is 13.0 Å². The van der Waals surface area contributed by atoms with Crippen molar-refractivity contribution >= 4 is 27.7 Å². The smallest absolute Gasteiger partial charge is 0.251 e. The van der Waals surface area contributed by atoms with Crippen LogP contribution in [0.3, 0.4) is 0 Å². The van der Waals surface area contributed by atoms with Gasteiger partial charge in [0.05, 0.1) is 4.47 Å². The lowest BCUT2D eigenvalue weighted by Gasteiger charge is -2.10. The maximum atomic E-state index is 12.9. The summed E-state index contributed by atoms with van der Waals surface area (Å²) < 4.78 is 13.1. The zero-order valence-corrected chi connectivity index (χ0v) is 10.0. The van der Waals surface area contributed by atoms with Crippen LogP contribution in [0.4, 0.5) is 4.39 Å². The lowest BCUT2D eigenvalue weighted by Crippen LogP contribution is -2.42. The molecule has 0 spiro atoms. The van der Waals surface area contributed by atoms with Gasteiger partial charge in [-0.05, 0) is 41.1 Å². The molecule has 0 heterocycles. The summed E-state index contributed by atoms with van der Waals surface area (Å²) in [6.45, 7) is 1.47. The highest BCUT2D eigenvalue weighted by Crippen LogP contribution is 2.16. The predicted octanol–water partition coefficient (Wildman–Crippen LogP) is 1.19. The summed E-state index contributed by atoms with van der Waals surface area (Å²) in [5.74, 6) is -1.57. The van der Waals surface area contributed by atoms with E-state index in [9.17, 15) is 14.0 Å². The molecule has 16 heavy (non-hydrogen) atoms. The number of carbonyl (C=O) groups excluding carboxylic acids is 2. The van der Waals surface area contributed by atoms with Crippen LogP contribution in [0.5, 0.6) is 0 Å². The molecular weight excluding hydrogens is 279 g/mol. The van der Waals surface area contributed by atoms with Crippen LogP contribution in [0.25, 0.3) is 0 Å². The van der Waals surface area contributed by atoms with Crippen molar-refractivity contribution in [2.24, 2.45) is 5.73 Å². The fourth-order valence-corrected chi connectivity index (χ4v) is 1.37. The largest absolute Gasteiger partial charge is 0.368 e. The first-order valence-corrected chi connectivity index (χ1v) is 5.26. The van der Waals surface area contributed by atoms with Crippen LogP contribution >= 0.6 is 15.9 Å². The SMILES string of the molecule is CC(NC(=O)c1ccc(F)c(Br)c1)C(N)=O. The van der Waals surface area contributed by atoms with Gasteiger partial charge in [0.2, 0.25) is 5.91 Å². The summed E-state index contributed by atoms with van der Waals surface area (Å²) in [5, 5.41) is 2.39. The van der Waals surface area contributed by atoms with E-state index >= 15 is 0 Å². The number of hydrogen-bond donors (Lipinski definition) is 2. The van der Waals surface area contributed by atoms with Crippen LogP contribution in [-0.4, -0.2) is 17.9 Å². The molecule has 0 aliphatic carbocycles. The molecule has 1 rings (SSSR count). The van der Waals surface area contributed by atoms with Crippen LogP contribution in [0.1, 0.15) is 17.3 Å². The van der Waals surface area contributed by atoms with E-state index in [2.05, 4.69) is 21.2 Å². The van der Waals surface area contributed by atoms with Crippen LogP contribution in [-0.2, 0) is 4.79 Å². The average Bonchev–Trinajstić information content (AvgIpc) is 2.21. The summed E-state index contributed by atoms with van der Waals surface area (Å²) in [4.78, 5) is 22.3. The topological polar surface area (TPSA) is 72.2 Å². The fraction of sp³-hybridized carbons (Fsp3) is 0.200. The van der Waals surface area contributed by atoms with Crippen molar-refractivity contribution in [1.29, 1.82) is 0 Å². The molecule has 0 bridgehead atoms. The van der Waals surface area contributed by atoms with Gasteiger partial charge in [0.1, 0.15) is 11.9 Å². The molecule has 0 saturated carbocycles. The number of nitrogens with two attached hydrogens (primary N) is 1. The second-order valence-electron chi connectivity index (χ2n) is 3.23. The van der Waals surface area contributed by atoms with E-state index in [-0.39, 0.29) is 10.0 Å². The number of nitrogens with one attached hydrogen (secondary N) is 1. The minimum atomic E-state index is -0.767. The van der Waals surface area contributed by atoms with Gasteiger partial charge < -0.3 is 11.1 Å². The first-order valence-electron chi connectivity index (χ1n) is 4.47. The number of amides is 2. The van der Waals surface area contributed by atoms with Gasteiger partial charge in [-0.2, -0.15) is 0 Å². The Morgan fingerprint density at radius 1 is 1.50 bits per heavy atom. The molecular formula is C10H10BrFN2O2. The highest BCUT2D eigenvalue weighted by molar-refractivity contribution is 9.10. The van der Waals surface area contributed by atoms with Crippen LogP contribution in [0.15, 0.2) is 22.7 Å². The molecule has 1 aromatic rings. The molecule has 3 N–H and O–H groups in total. The van der Waals surface area contributed by atoms with E-state index in [4.69, 9.17) is 5.73 Å². The molecule has 1 unspecified atom stereocenters. The van der Waals surface area contributed by atoms with Gasteiger partial charge in [-0.15, -0.1) is 0 Å². The van der Waals surface area contributed by atoms with Crippen molar-refractivity contribution in [3.63, 3.8) is 0 Å². The summed E-state index contributed by atoms with van der Waals surface area (Å²) in [6.07, 6.45) is 0. The van der Waals surface area contributed by atoms with E-state index in [0.717, 1.165) is 6.07 Å².